The lowest BCUT2D eigenvalue weighted by molar-refractivity contribution is 0.270. The van der Waals surface area contributed by atoms with Crippen LogP contribution in [0.4, 0.5) is 0 Å². The highest BCUT2D eigenvalue weighted by molar-refractivity contribution is 6.84. The molecule has 384 valence electrons. The molecule has 0 saturated heterocycles. The zero-order chi connectivity index (χ0) is 52.4. The van der Waals surface area contributed by atoms with Crippen LogP contribution in [0.25, 0.3) is 0 Å². The Bertz CT molecular complexity index is 2700. The Morgan fingerprint density at radius 1 is 0.423 bits per heavy atom. The highest BCUT2D eigenvalue weighted by Crippen LogP contribution is 2.51. The molecule has 5 aromatic carbocycles. The van der Waals surface area contributed by atoms with Crippen LogP contribution in [-0.2, 0) is 58.1 Å². The summed E-state index contributed by atoms with van der Waals surface area (Å²) < 4.78 is 38.5. The molecule has 0 amide bonds. The number of ether oxygens (including phenoxy) is 2. The molecule has 1 aliphatic heterocycles. The number of fused-ring (bicyclic) bond motifs is 4. The Labute approximate surface area is 433 Å². The van der Waals surface area contributed by atoms with Crippen molar-refractivity contribution in [2.75, 3.05) is 7.11 Å². The van der Waals surface area contributed by atoms with Gasteiger partial charge >= 0.3 is 17.1 Å². The van der Waals surface area contributed by atoms with Crippen molar-refractivity contribution in [2.24, 2.45) is 0 Å². The summed E-state index contributed by atoms with van der Waals surface area (Å²) in [5.41, 5.74) is 15.5. The molecular formula is C64H90O5Si2. The minimum atomic E-state index is -3.23. The van der Waals surface area contributed by atoms with Crippen LogP contribution in [0.3, 0.4) is 0 Å². The van der Waals surface area contributed by atoms with Gasteiger partial charge in [-0.2, -0.15) is 0 Å². The molecule has 0 N–H and O–H groups in total. The second-order valence-corrected chi connectivity index (χ2v) is 35.3. The fraction of sp³-hybridized carbons (Fsp3) is 0.531. The van der Waals surface area contributed by atoms with E-state index >= 15 is 0 Å². The molecule has 0 saturated carbocycles. The second-order valence-electron chi connectivity index (χ2n) is 26.5. The number of hydrogen-bond acceptors (Lipinski definition) is 5. The van der Waals surface area contributed by atoms with Crippen molar-refractivity contribution in [3.63, 3.8) is 0 Å². The molecule has 0 spiro atoms. The SMILES string of the molecule is COc1c2cc(C(C)(C)C)cc1Cc1cc(C(C)(C)C)cc3c1O[Si](C(C)C)(C(C)C)O[Si](C(C)C)(C(C)C)Oc1c(cc(C(C)(C)C)cc1C3)Cc1cc(C(C)(C)C)cc(c1OCc1ccccc1)C2. The summed E-state index contributed by atoms with van der Waals surface area (Å²) in [6, 6.07) is 30.1. The maximum absolute atomic E-state index is 8.26. The van der Waals surface area contributed by atoms with E-state index in [0.29, 0.717) is 32.3 Å². The Kier molecular flexibility index (Phi) is 15.2. The van der Waals surface area contributed by atoms with Crippen molar-refractivity contribution in [1.29, 1.82) is 0 Å². The standard InChI is InChI=1S/C64H90O5Si2/c1-40(2)70(41(3)4)67-59-49-28-46-32-53(61(9,10)11)31-45(57(46)65-21)27-47-33-54(62(12,13)14)34-48(58(47)66-39-44-25-23-22-24-26-44)29-50-36-56(64(18,19)20)38-52(30-51(59)37-55(35-49)63(15,16)17)60(50)68-71(69-70,42(5)6)43(7)8/h22-26,31-38,40-43H,27-30,39H2,1-21H3. The van der Waals surface area contributed by atoms with Gasteiger partial charge in [0.2, 0.25) is 0 Å². The molecule has 1 heterocycles. The molecule has 7 heteroatoms. The molecule has 0 radical (unpaired) electrons. The minimum Gasteiger partial charge on any atom is -0.520 e. The molecule has 0 atom stereocenters. The van der Waals surface area contributed by atoms with Crippen LogP contribution in [0.5, 0.6) is 23.0 Å². The van der Waals surface area contributed by atoms with Gasteiger partial charge in [-0.05, 0) is 94.0 Å². The Morgan fingerprint density at radius 3 is 1.00 bits per heavy atom. The van der Waals surface area contributed by atoms with Gasteiger partial charge in [-0.25, -0.2) is 0 Å². The summed E-state index contributed by atoms with van der Waals surface area (Å²) >= 11 is 0. The van der Waals surface area contributed by atoms with Gasteiger partial charge < -0.3 is 22.4 Å². The molecule has 7 rings (SSSR count). The zero-order valence-corrected chi connectivity index (χ0v) is 49.9. The average molecular weight is 996 g/mol. The first kappa shape index (κ1) is 54.5. The minimum absolute atomic E-state index is 0.120. The van der Waals surface area contributed by atoms with Crippen LogP contribution in [-0.4, -0.2) is 24.2 Å². The van der Waals surface area contributed by atoms with Gasteiger partial charge in [0.15, 0.2) is 0 Å². The van der Waals surface area contributed by atoms with Gasteiger partial charge in [-0.1, -0.05) is 217 Å². The normalized spacial score (nSPS) is 16.1. The molecule has 5 nitrogen and oxygen atoms in total. The third-order valence-corrected chi connectivity index (χ3v) is 25.5. The molecule has 0 unspecified atom stereocenters. The van der Waals surface area contributed by atoms with E-state index in [1.165, 1.54) is 44.5 Å². The molecule has 0 aromatic heterocycles. The van der Waals surface area contributed by atoms with Crippen molar-refractivity contribution >= 4 is 17.1 Å². The van der Waals surface area contributed by atoms with E-state index in [9.17, 15) is 0 Å². The van der Waals surface area contributed by atoms with Gasteiger partial charge in [-0.3, -0.25) is 0 Å². The van der Waals surface area contributed by atoms with Crippen molar-refractivity contribution in [2.45, 2.75) is 215 Å². The van der Waals surface area contributed by atoms with Crippen LogP contribution in [0, 0.1) is 0 Å². The molecular weight excluding hydrogens is 905 g/mol. The van der Waals surface area contributed by atoms with E-state index < -0.39 is 17.1 Å². The number of benzene rings is 5. The third kappa shape index (κ3) is 11.1. The van der Waals surface area contributed by atoms with E-state index in [2.05, 4.69) is 217 Å². The van der Waals surface area contributed by atoms with Crippen molar-refractivity contribution in [1.82, 2.24) is 0 Å². The van der Waals surface area contributed by atoms with Crippen LogP contribution < -0.4 is 18.3 Å². The van der Waals surface area contributed by atoms with Crippen LogP contribution in [0.1, 0.15) is 211 Å². The summed E-state index contributed by atoms with van der Waals surface area (Å²) in [4.78, 5) is 0. The van der Waals surface area contributed by atoms with Crippen molar-refractivity contribution in [3.8, 4) is 23.0 Å². The first-order valence-electron chi connectivity index (χ1n) is 26.8. The Balaban J connectivity index is 1.73. The summed E-state index contributed by atoms with van der Waals surface area (Å²) in [5, 5.41) is 0. The van der Waals surface area contributed by atoms with Crippen LogP contribution in [0.2, 0.25) is 22.2 Å². The lowest BCUT2D eigenvalue weighted by atomic mass is 9.79. The van der Waals surface area contributed by atoms with Gasteiger partial charge in [0.25, 0.3) is 0 Å². The van der Waals surface area contributed by atoms with E-state index in [4.69, 9.17) is 22.4 Å². The van der Waals surface area contributed by atoms with Gasteiger partial charge in [0, 0.05) is 47.8 Å². The predicted octanol–water partition coefficient (Wildman–Crippen LogP) is 17.5. The lowest BCUT2D eigenvalue weighted by Gasteiger charge is -2.49. The summed E-state index contributed by atoms with van der Waals surface area (Å²) in [6.07, 6.45) is 2.53. The first-order chi connectivity index (χ1) is 32.9. The largest absolute Gasteiger partial charge is 0.520 e. The highest BCUT2D eigenvalue weighted by atomic mass is 28.5. The quantitative estimate of drug-likeness (QED) is 0.142. The van der Waals surface area contributed by atoms with E-state index in [0.717, 1.165) is 50.8 Å². The maximum atomic E-state index is 8.26. The summed E-state index contributed by atoms with van der Waals surface area (Å²) in [7, 11) is -4.58. The average Bonchev–Trinajstić information content (AvgIpc) is 3.25. The fourth-order valence-corrected chi connectivity index (χ4v) is 21.8. The van der Waals surface area contributed by atoms with Crippen LogP contribution in [0.15, 0.2) is 78.9 Å². The van der Waals surface area contributed by atoms with Gasteiger partial charge in [0.1, 0.15) is 29.6 Å². The number of methoxy groups -OCH3 is 1. The zero-order valence-electron chi connectivity index (χ0n) is 47.9. The molecule has 1 aliphatic carbocycles. The Hall–Kier alpha value is -4.31. The first-order valence-corrected chi connectivity index (χ1v) is 30.8. The summed E-state index contributed by atoms with van der Waals surface area (Å²) in [6.45, 7) is 47.1. The van der Waals surface area contributed by atoms with Crippen molar-refractivity contribution < 1.29 is 22.4 Å². The Morgan fingerprint density at radius 2 is 0.704 bits per heavy atom. The number of hydrogen-bond donors (Lipinski definition) is 0. The molecule has 2 aliphatic rings. The molecule has 10 bridgehead atoms. The summed E-state index contributed by atoms with van der Waals surface area (Å²) in [5.74, 6) is 3.81. The van der Waals surface area contributed by atoms with E-state index in [-0.39, 0.29) is 43.8 Å². The third-order valence-electron chi connectivity index (χ3n) is 15.5. The monoisotopic (exact) mass is 995 g/mol. The van der Waals surface area contributed by atoms with Crippen molar-refractivity contribution in [3.05, 3.63) is 151 Å². The van der Waals surface area contributed by atoms with Gasteiger partial charge in [-0.15, -0.1) is 0 Å². The molecule has 5 aromatic rings. The van der Waals surface area contributed by atoms with Gasteiger partial charge in [0.05, 0.1) is 7.11 Å². The van der Waals surface area contributed by atoms with E-state index in [1.54, 1.807) is 0 Å². The van der Waals surface area contributed by atoms with E-state index in [1.807, 2.05) is 7.11 Å². The fourth-order valence-electron chi connectivity index (χ4n) is 10.9. The van der Waals surface area contributed by atoms with Crippen LogP contribution >= 0.6 is 0 Å². The smallest absolute Gasteiger partial charge is 0.396 e. The highest BCUT2D eigenvalue weighted by Gasteiger charge is 2.59. The number of rotatable bonds is 8. The molecule has 71 heavy (non-hydrogen) atoms. The topological polar surface area (TPSA) is 46.2 Å². The maximum Gasteiger partial charge on any atom is 0.396 e. The lowest BCUT2D eigenvalue weighted by Crippen LogP contribution is -2.64. The predicted molar refractivity (Wildman–Crippen MR) is 303 cm³/mol. The second kappa shape index (κ2) is 19.8. The molecule has 0 fully saturated rings.